The lowest BCUT2D eigenvalue weighted by Crippen LogP contribution is -2.47. The first-order chi connectivity index (χ1) is 13.8. The number of carbonyl (C=O) groups is 4. The Hall–Kier alpha value is -2.51. The van der Waals surface area contributed by atoms with Gasteiger partial charge in [0.25, 0.3) is 0 Å². The number of amides is 2. The fourth-order valence-electron chi connectivity index (χ4n) is 1.85. The second-order valence-electron chi connectivity index (χ2n) is 5.82. The number of nitrogens with one attached hydrogen (secondary N) is 2. The van der Waals surface area contributed by atoms with Gasteiger partial charge in [-0.15, -0.1) is 9.24 Å². The Morgan fingerprint density at radius 3 is 2.31 bits per heavy atom. The van der Waals surface area contributed by atoms with E-state index in [1.807, 2.05) is 6.07 Å². The number of rotatable bonds is 11. The molecule has 0 radical (unpaired) electrons. The maximum absolute atomic E-state index is 11.8. The van der Waals surface area contributed by atoms with Crippen molar-refractivity contribution in [2.45, 2.75) is 39.3 Å². The Kier molecular flexibility index (Phi) is 15.0. The number of carboxylic acids is 1. The number of hydrogen-bond acceptors (Lipinski definition) is 6. The van der Waals surface area contributed by atoms with Crippen LogP contribution in [0.4, 0.5) is 4.79 Å². The van der Waals surface area contributed by atoms with Crippen molar-refractivity contribution in [2.75, 3.05) is 19.5 Å². The van der Waals surface area contributed by atoms with Crippen LogP contribution in [0, 0.1) is 0 Å². The molecule has 0 aromatic heterocycles. The number of ketones is 1. The molecule has 1 rings (SSSR count). The number of ether oxygens (including phenoxy) is 2. The second kappa shape index (κ2) is 16.4. The van der Waals surface area contributed by atoms with E-state index < -0.39 is 42.8 Å². The Balaban J connectivity index is 0.00000245. The van der Waals surface area contributed by atoms with E-state index in [2.05, 4.69) is 33.7 Å². The summed E-state index contributed by atoms with van der Waals surface area (Å²) in [4.78, 5) is 46.0. The van der Waals surface area contributed by atoms with Crippen molar-refractivity contribution in [2.24, 2.45) is 0 Å². The van der Waals surface area contributed by atoms with E-state index in [0.717, 1.165) is 5.56 Å². The van der Waals surface area contributed by atoms with Crippen molar-refractivity contribution in [1.82, 2.24) is 10.6 Å². The molecular weight excluding hydrogens is 399 g/mol. The quantitative estimate of drug-likeness (QED) is 0.457. The molecule has 2 atom stereocenters. The van der Waals surface area contributed by atoms with Gasteiger partial charge in [-0.25, -0.2) is 4.79 Å². The van der Waals surface area contributed by atoms with Gasteiger partial charge < -0.3 is 25.2 Å². The molecule has 29 heavy (non-hydrogen) atoms. The highest BCUT2D eigenvalue weighted by atomic mass is 31.0. The van der Waals surface area contributed by atoms with Gasteiger partial charge in [-0.05, 0) is 5.56 Å². The van der Waals surface area contributed by atoms with Gasteiger partial charge in [0.05, 0.1) is 12.8 Å². The zero-order chi connectivity index (χ0) is 22.1. The van der Waals surface area contributed by atoms with Gasteiger partial charge in [0.1, 0.15) is 25.8 Å². The molecule has 0 aliphatic heterocycles. The van der Waals surface area contributed by atoms with Crippen LogP contribution in [-0.2, 0) is 30.5 Å². The third kappa shape index (κ3) is 14.2. The van der Waals surface area contributed by atoms with Crippen molar-refractivity contribution in [3.05, 3.63) is 35.9 Å². The van der Waals surface area contributed by atoms with Crippen LogP contribution in [0.2, 0.25) is 0 Å². The van der Waals surface area contributed by atoms with Gasteiger partial charge in [0, 0.05) is 0 Å². The summed E-state index contributed by atoms with van der Waals surface area (Å²) in [7, 11) is 2.25. The third-order valence-corrected chi connectivity index (χ3v) is 3.31. The zero-order valence-corrected chi connectivity index (χ0v) is 17.8. The number of hydrogen-bond donors (Lipinski definition) is 3. The Labute approximate surface area is 172 Å². The summed E-state index contributed by atoms with van der Waals surface area (Å²) < 4.78 is 9.83. The van der Waals surface area contributed by atoms with Crippen LogP contribution in [0.3, 0.4) is 0 Å². The highest BCUT2D eigenvalue weighted by Gasteiger charge is 2.23. The third-order valence-electron chi connectivity index (χ3n) is 3.07. The smallest absolute Gasteiger partial charge is 0.407 e. The lowest BCUT2D eigenvalue weighted by Gasteiger charge is -2.16. The fraction of sp³-hybridized carbons (Fsp3) is 0.474. The number of Topliss-reactive ketones (excluding diaryl/α,β-unsaturated/α-hetero) is 1. The molecule has 1 aromatic rings. The Morgan fingerprint density at radius 2 is 1.76 bits per heavy atom. The molecule has 162 valence electrons. The average Bonchev–Trinajstić information content (AvgIpc) is 2.69. The molecule has 1 unspecified atom stereocenters. The van der Waals surface area contributed by atoms with Crippen molar-refractivity contribution in [3.8, 4) is 0 Å². The molecule has 10 heteroatoms. The zero-order valence-electron chi connectivity index (χ0n) is 16.7. The highest BCUT2D eigenvalue weighted by molar-refractivity contribution is 7.16. The van der Waals surface area contributed by atoms with Gasteiger partial charge in [0.15, 0.2) is 5.78 Å². The molecule has 0 aliphatic rings. The van der Waals surface area contributed by atoms with E-state index in [9.17, 15) is 19.2 Å². The first-order valence-electron chi connectivity index (χ1n) is 9.10. The van der Waals surface area contributed by atoms with E-state index in [-0.39, 0.29) is 19.6 Å². The molecular formula is C19H29N2O7P. The van der Waals surface area contributed by atoms with Crippen LogP contribution in [0.5, 0.6) is 0 Å². The molecule has 0 spiro atoms. The fourth-order valence-corrected chi connectivity index (χ4v) is 1.97. The number of carboxylic acid groups (broad SMARTS) is 1. The van der Waals surface area contributed by atoms with Crippen molar-refractivity contribution in [1.29, 1.82) is 0 Å². The second-order valence-corrected chi connectivity index (χ2v) is 6.16. The van der Waals surface area contributed by atoms with Crippen molar-refractivity contribution in [3.63, 3.8) is 0 Å². The molecule has 0 bridgehead atoms. The van der Waals surface area contributed by atoms with Gasteiger partial charge in [0.2, 0.25) is 5.91 Å². The lowest BCUT2D eigenvalue weighted by molar-refractivity contribution is -0.140. The van der Waals surface area contributed by atoms with Crippen LogP contribution in [0.1, 0.15) is 32.3 Å². The number of carbonyl (C=O) groups excluding carboxylic acids is 3. The number of benzene rings is 1. The largest absolute Gasteiger partial charge is 0.481 e. The van der Waals surface area contributed by atoms with E-state index in [0.29, 0.717) is 0 Å². The average molecular weight is 428 g/mol. The molecule has 0 fully saturated rings. The van der Waals surface area contributed by atoms with E-state index in [4.69, 9.17) is 14.6 Å². The van der Waals surface area contributed by atoms with Crippen LogP contribution in [-0.4, -0.2) is 54.4 Å². The minimum absolute atomic E-state index is 0.0424. The summed E-state index contributed by atoms with van der Waals surface area (Å²) in [5, 5.41) is 13.3. The van der Waals surface area contributed by atoms with Crippen LogP contribution in [0.15, 0.2) is 30.3 Å². The van der Waals surface area contributed by atoms with Crippen molar-refractivity contribution >= 4 is 33.0 Å². The minimum atomic E-state index is -1.25. The number of alkyl carbamates (subject to hydrolysis) is 1. The normalized spacial score (nSPS) is 10.7. The summed E-state index contributed by atoms with van der Waals surface area (Å²) in [6.07, 6.45) is 0.0637. The van der Waals surface area contributed by atoms with Crippen molar-refractivity contribution < 1.29 is 33.8 Å². The van der Waals surface area contributed by atoms with Crippen LogP contribution in [0.25, 0.3) is 0 Å². The first kappa shape index (κ1) is 26.5. The van der Waals surface area contributed by atoms with Crippen LogP contribution < -0.4 is 10.6 Å². The minimum Gasteiger partial charge on any atom is -0.481 e. The van der Waals surface area contributed by atoms with Gasteiger partial charge >= 0.3 is 12.1 Å². The van der Waals surface area contributed by atoms with Gasteiger partial charge in [-0.3, -0.25) is 14.4 Å². The molecule has 9 nitrogen and oxygen atoms in total. The number of aliphatic carboxylic acids is 1. The van der Waals surface area contributed by atoms with E-state index >= 15 is 0 Å². The molecule has 3 N–H and O–H groups in total. The molecule has 0 heterocycles. The highest BCUT2D eigenvalue weighted by Crippen LogP contribution is 2.00. The summed E-state index contributed by atoms with van der Waals surface area (Å²) in [5.41, 5.74) is 0.785. The predicted octanol–water partition coefficient (Wildman–Crippen LogP) is 1.71. The van der Waals surface area contributed by atoms with E-state index in [1.165, 1.54) is 6.42 Å². The topological polar surface area (TPSA) is 131 Å². The Bertz CT molecular complexity index is 641. The van der Waals surface area contributed by atoms with Gasteiger partial charge in [-0.2, -0.15) is 0 Å². The molecule has 2 amide bonds. The SMILES string of the molecule is CCC.O=C(O)C[C@H](NC(=O)CNC(=O)OCc1ccccc1)C(=O)COCP. The van der Waals surface area contributed by atoms with E-state index in [1.54, 1.807) is 24.3 Å². The maximum Gasteiger partial charge on any atom is 0.407 e. The monoisotopic (exact) mass is 428 g/mol. The summed E-state index contributed by atoms with van der Waals surface area (Å²) in [5.74, 6) is -2.54. The molecule has 0 saturated heterocycles. The van der Waals surface area contributed by atoms with Crippen LogP contribution >= 0.6 is 9.24 Å². The Morgan fingerprint density at radius 1 is 1.14 bits per heavy atom. The van der Waals surface area contributed by atoms with Gasteiger partial charge in [-0.1, -0.05) is 50.6 Å². The molecule has 1 aromatic carbocycles. The standard InChI is InChI=1S/C16H21N2O7P.C3H8/c19-13(9-24-10-26)12(6-15(21)22)18-14(20)7-17-16(23)25-8-11-4-2-1-3-5-11;1-3-2/h1-5,12H,6-10,26H2,(H,17,23)(H,18,20)(H,21,22);3H2,1-2H3/t12-;/m0./s1. The molecule has 0 aliphatic carbocycles. The predicted molar refractivity (Wildman–Crippen MR) is 110 cm³/mol. The lowest BCUT2D eigenvalue weighted by atomic mass is 10.1. The first-order valence-corrected chi connectivity index (χ1v) is 9.91. The summed E-state index contributed by atoms with van der Waals surface area (Å²) >= 11 is 0. The maximum atomic E-state index is 11.8. The summed E-state index contributed by atoms with van der Waals surface area (Å²) in [6.45, 7) is 3.51. The molecule has 0 saturated carbocycles. The summed E-state index contributed by atoms with van der Waals surface area (Å²) in [6, 6.07) is 7.74.